The topological polar surface area (TPSA) is 32.3 Å². The SMILES string of the molecule is CCN(CC)CCNC(=O)c1ccc(Br)cc1Br. The number of halogens is 2. The second-order valence-corrected chi connectivity index (χ2v) is 5.68. The molecule has 0 saturated heterocycles. The number of carbonyl (C=O) groups is 1. The lowest BCUT2D eigenvalue weighted by atomic mass is 10.2. The van der Waals surface area contributed by atoms with Gasteiger partial charge in [-0.05, 0) is 47.2 Å². The summed E-state index contributed by atoms with van der Waals surface area (Å²) in [7, 11) is 0. The Hall–Kier alpha value is -0.390. The van der Waals surface area contributed by atoms with Crippen LogP contribution in [0.2, 0.25) is 0 Å². The molecule has 0 unspecified atom stereocenters. The zero-order valence-electron chi connectivity index (χ0n) is 10.7. The van der Waals surface area contributed by atoms with Crippen molar-refractivity contribution in [3.05, 3.63) is 32.7 Å². The predicted molar refractivity (Wildman–Crippen MR) is 82.0 cm³/mol. The summed E-state index contributed by atoms with van der Waals surface area (Å²) in [6.07, 6.45) is 0. The van der Waals surface area contributed by atoms with Crippen molar-refractivity contribution in [2.45, 2.75) is 13.8 Å². The number of benzene rings is 1. The highest BCUT2D eigenvalue weighted by Crippen LogP contribution is 2.21. The molecule has 0 aliphatic heterocycles. The first kappa shape index (κ1) is 15.7. The molecule has 1 rings (SSSR count). The number of likely N-dealkylation sites (N-methyl/N-ethyl adjacent to an activating group) is 1. The van der Waals surface area contributed by atoms with Crippen LogP contribution in [0.1, 0.15) is 24.2 Å². The molecule has 18 heavy (non-hydrogen) atoms. The number of nitrogens with zero attached hydrogens (tertiary/aromatic N) is 1. The Morgan fingerprint density at radius 3 is 2.50 bits per heavy atom. The van der Waals surface area contributed by atoms with E-state index in [0.717, 1.165) is 28.6 Å². The quantitative estimate of drug-likeness (QED) is 0.824. The van der Waals surface area contributed by atoms with Crippen molar-refractivity contribution in [2.75, 3.05) is 26.2 Å². The minimum absolute atomic E-state index is 0.0402. The fourth-order valence-corrected chi connectivity index (χ4v) is 2.86. The van der Waals surface area contributed by atoms with Gasteiger partial charge < -0.3 is 10.2 Å². The van der Waals surface area contributed by atoms with Gasteiger partial charge in [0.2, 0.25) is 0 Å². The first-order chi connectivity index (χ1) is 8.58. The summed E-state index contributed by atoms with van der Waals surface area (Å²) in [6.45, 7) is 7.81. The van der Waals surface area contributed by atoms with Gasteiger partial charge in [0.1, 0.15) is 0 Å². The van der Waals surface area contributed by atoms with Crippen LogP contribution in [-0.4, -0.2) is 37.0 Å². The molecule has 1 aromatic rings. The molecule has 0 heterocycles. The van der Waals surface area contributed by atoms with Crippen LogP contribution in [0, 0.1) is 0 Å². The molecule has 0 radical (unpaired) electrons. The zero-order valence-corrected chi connectivity index (χ0v) is 13.8. The predicted octanol–water partition coefficient (Wildman–Crippen LogP) is 3.28. The molecule has 100 valence electrons. The second-order valence-electron chi connectivity index (χ2n) is 3.91. The van der Waals surface area contributed by atoms with Gasteiger partial charge in [-0.1, -0.05) is 29.8 Å². The number of carbonyl (C=O) groups excluding carboxylic acids is 1. The molecule has 5 heteroatoms. The number of amides is 1. The maximum Gasteiger partial charge on any atom is 0.252 e. The average molecular weight is 378 g/mol. The van der Waals surface area contributed by atoms with Crippen LogP contribution in [0.5, 0.6) is 0 Å². The van der Waals surface area contributed by atoms with E-state index in [4.69, 9.17) is 0 Å². The normalized spacial score (nSPS) is 10.7. The lowest BCUT2D eigenvalue weighted by molar-refractivity contribution is 0.0948. The van der Waals surface area contributed by atoms with E-state index in [-0.39, 0.29) is 5.91 Å². The van der Waals surface area contributed by atoms with Crippen LogP contribution < -0.4 is 5.32 Å². The van der Waals surface area contributed by atoms with E-state index in [2.05, 4.69) is 55.9 Å². The van der Waals surface area contributed by atoms with Gasteiger partial charge in [-0.15, -0.1) is 0 Å². The third-order valence-corrected chi connectivity index (χ3v) is 3.93. The van der Waals surface area contributed by atoms with Gasteiger partial charge in [-0.3, -0.25) is 4.79 Å². The fraction of sp³-hybridized carbons (Fsp3) is 0.462. The second kappa shape index (κ2) is 7.92. The summed E-state index contributed by atoms with van der Waals surface area (Å²) in [5.41, 5.74) is 0.665. The third-order valence-electron chi connectivity index (χ3n) is 2.78. The molecule has 0 aromatic heterocycles. The number of nitrogens with one attached hydrogen (secondary N) is 1. The monoisotopic (exact) mass is 376 g/mol. The molecular weight excluding hydrogens is 360 g/mol. The van der Waals surface area contributed by atoms with E-state index in [9.17, 15) is 4.79 Å². The van der Waals surface area contributed by atoms with Gasteiger partial charge in [-0.25, -0.2) is 0 Å². The lowest BCUT2D eigenvalue weighted by Gasteiger charge is -2.18. The van der Waals surface area contributed by atoms with Crippen LogP contribution in [-0.2, 0) is 0 Å². The highest BCUT2D eigenvalue weighted by molar-refractivity contribution is 9.11. The molecule has 1 amide bonds. The van der Waals surface area contributed by atoms with Crippen molar-refractivity contribution >= 4 is 37.8 Å². The van der Waals surface area contributed by atoms with Crippen molar-refractivity contribution < 1.29 is 4.79 Å². The molecule has 0 bridgehead atoms. The van der Waals surface area contributed by atoms with Crippen molar-refractivity contribution in [3.8, 4) is 0 Å². The van der Waals surface area contributed by atoms with Crippen molar-refractivity contribution in [2.24, 2.45) is 0 Å². The molecule has 0 saturated carbocycles. The number of hydrogen-bond donors (Lipinski definition) is 1. The zero-order chi connectivity index (χ0) is 13.5. The van der Waals surface area contributed by atoms with Crippen molar-refractivity contribution in [1.82, 2.24) is 10.2 Å². The van der Waals surface area contributed by atoms with E-state index in [1.165, 1.54) is 0 Å². The minimum atomic E-state index is -0.0402. The number of rotatable bonds is 6. The number of hydrogen-bond acceptors (Lipinski definition) is 2. The van der Waals surface area contributed by atoms with Crippen LogP contribution in [0.4, 0.5) is 0 Å². The van der Waals surface area contributed by atoms with Gasteiger partial charge in [-0.2, -0.15) is 0 Å². The van der Waals surface area contributed by atoms with Gasteiger partial charge in [0.05, 0.1) is 5.56 Å². The van der Waals surface area contributed by atoms with Gasteiger partial charge in [0.15, 0.2) is 0 Å². The Morgan fingerprint density at radius 1 is 1.28 bits per heavy atom. The van der Waals surface area contributed by atoms with Crippen LogP contribution in [0.25, 0.3) is 0 Å². The fourth-order valence-electron chi connectivity index (χ4n) is 1.64. The summed E-state index contributed by atoms with van der Waals surface area (Å²) < 4.78 is 1.76. The minimum Gasteiger partial charge on any atom is -0.351 e. The highest BCUT2D eigenvalue weighted by atomic mass is 79.9. The van der Waals surface area contributed by atoms with Crippen LogP contribution >= 0.6 is 31.9 Å². The molecule has 3 nitrogen and oxygen atoms in total. The maximum absolute atomic E-state index is 12.0. The Bertz CT molecular complexity index is 406. The molecule has 1 aromatic carbocycles. The molecule has 0 fully saturated rings. The third kappa shape index (κ3) is 4.71. The molecular formula is C13H18Br2N2O. The summed E-state index contributed by atoms with van der Waals surface area (Å²) >= 11 is 6.76. The molecule has 0 atom stereocenters. The van der Waals surface area contributed by atoms with Crippen LogP contribution in [0.15, 0.2) is 27.1 Å². The first-order valence-corrected chi connectivity index (χ1v) is 7.62. The summed E-state index contributed by atoms with van der Waals surface area (Å²) in [6, 6.07) is 5.55. The Balaban J connectivity index is 2.50. The van der Waals surface area contributed by atoms with E-state index in [0.29, 0.717) is 12.1 Å². The lowest BCUT2D eigenvalue weighted by Crippen LogP contribution is -2.34. The van der Waals surface area contributed by atoms with Crippen molar-refractivity contribution in [1.29, 1.82) is 0 Å². The summed E-state index contributed by atoms with van der Waals surface area (Å²) in [5, 5.41) is 2.93. The Morgan fingerprint density at radius 2 is 1.94 bits per heavy atom. The van der Waals surface area contributed by atoms with E-state index < -0.39 is 0 Å². The summed E-state index contributed by atoms with van der Waals surface area (Å²) in [5.74, 6) is -0.0402. The Labute approximate surface area is 125 Å². The van der Waals surface area contributed by atoms with E-state index >= 15 is 0 Å². The highest BCUT2D eigenvalue weighted by Gasteiger charge is 2.09. The first-order valence-electron chi connectivity index (χ1n) is 6.04. The summed E-state index contributed by atoms with van der Waals surface area (Å²) in [4.78, 5) is 14.2. The van der Waals surface area contributed by atoms with Gasteiger partial charge in [0.25, 0.3) is 5.91 Å². The molecule has 0 aliphatic carbocycles. The molecule has 0 aliphatic rings. The van der Waals surface area contributed by atoms with Gasteiger partial charge in [0, 0.05) is 22.0 Å². The maximum atomic E-state index is 12.0. The smallest absolute Gasteiger partial charge is 0.252 e. The average Bonchev–Trinajstić information content (AvgIpc) is 2.34. The van der Waals surface area contributed by atoms with Crippen molar-refractivity contribution in [3.63, 3.8) is 0 Å². The molecule has 0 spiro atoms. The van der Waals surface area contributed by atoms with Crippen LogP contribution in [0.3, 0.4) is 0 Å². The molecule has 1 N–H and O–H groups in total. The standard InChI is InChI=1S/C13H18Br2N2O/c1-3-17(4-2)8-7-16-13(18)11-6-5-10(14)9-12(11)15/h5-6,9H,3-4,7-8H2,1-2H3,(H,16,18). The van der Waals surface area contributed by atoms with Gasteiger partial charge >= 0.3 is 0 Å². The van der Waals surface area contributed by atoms with E-state index in [1.54, 1.807) is 6.07 Å². The largest absolute Gasteiger partial charge is 0.351 e. The Kier molecular flexibility index (Phi) is 6.89. The van der Waals surface area contributed by atoms with E-state index in [1.807, 2.05) is 12.1 Å².